The van der Waals surface area contributed by atoms with Crippen molar-refractivity contribution in [2.45, 2.75) is 25.3 Å². The molecular weight excluding hydrogens is 401 g/mol. The molecule has 6 nitrogen and oxygen atoms in total. The summed E-state index contributed by atoms with van der Waals surface area (Å²) in [6, 6.07) is 8.67. The number of hydrogen-bond acceptors (Lipinski definition) is 5. The number of carbonyl (C=O) groups is 1. The van der Waals surface area contributed by atoms with Crippen molar-refractivity contribution in [2.75, 3.05) is 18.4 Å². The summed E-state index contributed by atoms with van der Waals surface area (Å²) in [7, 11) is 0. The van der Waals surface area contributed by atoms with Gasteiger partial charge in [0.15, 0.2) is 10.8 Å². The molecule has 3 aromatic rings. The van der Waals surface area contributed by atoms with Crippen LogP contribution in [0.15, 0.2) is 42.7 Å². The average molecular weight is 422 g/mol. The molecule has 1 saturated heterocycles. The topological polar surface area (TPSA) is 71.8 Å². The molecular formula is C19H21ClFN5OS. The average Bonchev–Trinajstić information content (AvgIpc) is 3.34. The van der Waals surface area contributed by atoms with Gasteiger partial charge in [0, 0.05) is 30.2 Å². The van der Waals surface area contributed by atoms with Gasteiger partial charge in [-0.15, -0.1) is 23.7 Å². The van der Waals surface area contributed by atoms with Gasteiger partial charge in [-0.3, -0.25) is 14.8 Å². The van der Waals surface area contributed by atoms with Gasteiger partial charge in [-0.25, -0.2) is 9.37 Å². The number of nitrogens with zero attached hydrogens (tertiary/aromatic N) is 3. The van der Waals surface area contributed by atoms with Crippen LogP contribution in [0.5, 0.6) is 0 Å². The molecule has 1 unspecified atom stereocenters. The van der Waals surface area contributed by atoms with Crippen LogP contribution in [0, 0.1) is 5.82 Å². The molecule has 1 aromatic carbocycles. The molecule has 1 aliphatic rings. The first kappa shape index (κ1) is 20.4. The minimum atomic E-state index is -0.288. The molecule has 1 fully saturated rings. The van der Waals surface area contributed by atoms with Crippen molar-refractivity contribution in [1.29, 1.82) is 0 Å². The van der Waals surface area contributed by atoms with Crippen LogP contribution in [0.3, 0.4) is 0 Å². The fraction of sp³-hybridized carbons (Fsp3) is 0.316. The Morgan fingerprint density at radius 3 is 3.00 bits per heavy atom. The van der Waals surface area contributed by atoms with Crippen molar-refractivity contribution in [3.8, 4) is 0 Å². The number of rotatable bonds is 5. The lowest BCUT2D eigenvalue weighted by Crippen LogP contribution is -2.32. The Bertz CT molecular complexity index is 938. The van der Waals surface area contributed by atoms with Crippen molar-refractivity contribution in [3.05, 3.63) is 64.7 Å². The van der Waals surface area contributed by atoms with Crippen molar-refractivity contribution in [3.63, 3.8) is 0 Å². The maximum Gasteiger partial charge on any atom is 0.277 e. The van der Waals surface area contributed by atoms with Gasteiger partial charge < -0.3 is 5.32 Å². The number of piperidine rings is 1. The molecule has 0 radical (unpaired) electrons. The Balaban J connectivity index is 0.00000225. The highest BCUT2D eigenvalue weighted by Crippen LogP contribution is 2.23. The maximum atomic E-state index is 13.8. The van der Waals surface area contributed by atoms with E-state index in [1.165, 1.54) is 17.4 Å². The van der Waals surface area contributed by atoms with E-state index in [0.717, 1.165) is 30.8 Å². The van der Waals surface area contributed by atoms with Crippen LogP contribution < -0.4 is 10.6 Å². The van der Waals surface area contributed by atoms with E-state index in [-0.39, 0.29) is 30.2 Å². The molecule has 3 heterocycles. The predicted octanol–water partition coefficient (Wildman–Crippen LogP) is 3.67. The number of nitrogens with one attached hydrogen (secondary N) is 2. The summed E-state index contributed by atoms with van der Waals surface area (Å²) in [4.78, 5) is 17.5. The molecule has 1 atom stereocenters. The number of halogens is 2. The molecule has 0 spiro atoms. The largest absolute Gasteiger partial charge is 0.315 e. The lowest BCUT2D eigenvalue weighted by molar-refractivity contribution is 0.102. The normalized spacial score (nSPS) is 16.4. The Morgan fingerprint density at radius 2 is 2.21 bits per heavy atom. The molecule has 2 aromatic heterocycles. The third-order valence-corrected chi connectivity index (χ3v) is 5.50. The second-order valence-corrected chi connectivity index (χ2v) is 7.65. The fourth-order valence-corrected chi connectivity index (χ4v) is 3.99. The third kappa shape index (κ3) is 4.76. The van der Waals surface area contributed by atoms with Crippen molar-refractivity contribution < 1.29 is 9.18 Å². The van der Waals surface area contributed by atoms with Crippen molar-refractivity contribution >= 4 is 34.8 Å². The molecule has 0 bridgehead atoms. The summed E-state index contributed by atoms with van der Waals surface area (Å²) < 4.78 is 15.6. The highest BCUT2D eigenvalue weighted by atomic mass is 35.5. The molecule has 4 rings (SSSR count). The van der Waals surface area contributed by atoms with E-state index in [9.17, 15) is 9.18 Å². The van der Waals surface area contributed by atoms with Gasteiger partial charge in [-0.05, 0) is 37.1 Å². The Morgan fingerprint density at radius 1 is 1.36 bits per heavy atom. The molecule has 9 heteroatoms. The van der Waals surface area contributed by atoms with Crippen LogP contribution in [0.2, 0.25) is 0 Å². The number of anilines is 1. The fourth-order valence-electron chi connectivity index (χ4n) is 3.16. The Labute approximate surface area is 172 Å². The van der Waals surface area contributed by atoms with Gasteiger partial charge in [-0.1, -0.05) is 18.2 Å². The van der Waals surface area contributed by atoms with E-state index in [0.29, 0.717) is 22.8 Å². The van der Waals surface area contributed by atoms with Gasteiger partial charge in [-0.2, -0.15) is 5.10 Å². The number of carbonyl (C=O) groups excluding carboxylic acids is 1. The van der Waals surface area contributed by atoms with Crippen LogP contribution in [0.1, 0.15) is 39.8 Å². The molecule has 1 aliphatic heterocycles. The lowest BCUT2D eigenvalue weighted by Gasteiger charge is -2.22. The summed E-state index contributed by atoms with van der Waals surface area (Å²) in [5, 5.41) is 11.0. The van der Waals surface area contributed by atoms with Crippen LogP contribution in [0.4, 0.5) is 9.52 Å². The smallest absolute Gasteiger partial charge is 0.277 e. The monoisotopic (exact) mass is 421 g/mol. The zero-order valence-electron chi connectivity index (χ0n) is 15.1. The van der Waals surface area contributed by atoms with Crippen LogP contribution in [0.25, 0.3) is 0 Å². The molecule has 1 amide bonds. The molecule has 0 aliphatic carbocycles. The molecule has 0 saturated carbocycles. The molecule has 148 valence electrons. The maximum absolute atomic E-state index is 13.8. The number of hydrogen-bond donors (Lipinski definition) is 2. The zero-order chi connectivity index (χ0) is 18.6. The van der Waals surface area contributed by atoms with Gasteiger partial charge in [0.1, 0.15) is 5.82 Å². The van der Waals surface area contributed by atoms with Gasteiger partial charge in [0.05, 0.1) is 6.04 Å². The Hall–Kier alpha value is -2.29. The standard InChI is InChI=1S/C19H20FN5OS.ClH/c20-16-6-2-1-4-13(16)10-15-12-22-19(27-15)23-18(26)17-7-9-25(24-17)14-5-3-8-21-11-14;/h1-2,4,6-7,9,12,14,21H,3,5,8,10-11H2,(H,22,23,26);1H. The number of aromatic nitrogens is 3. The lowest BCUT2D eigenvalue weighted by atomic mass is 10.1. The molecule has 28 heavy (non-hydrogen) atoms. The van der Waals surface area contributed by atoms with Crippen LogP contribution >= 0.6 is 23.7 Å². The highest BCUT2D eigenvalue weighted by Gasteiger charge is 2.18. The first-order valence-electron chi connectivity index (χ1n) is 8.94. The molecule has 2 N–H and O–H groups in total. The van der Waals surface area contributed by atoms with Crippen LogP contribution in [-0.4, -0.2) is 33.8 Å². The third-order valence-electron chi connectivity index (χ3n) is 4.58. The Kier molecular flexibility index (Phi) is 6.77. The first-order valence-corrected chi connectivity index (χ1v) is 9.76. The summed E-state index contributed by atoms with van der Waals surface area (Å²) in [6.07, 6.45) is 6.12. The SMILES string of the molecule is Cl.O=C(Nc1ncc(Cc2ccccc2F)s1)c1ccn(C2CCCNC2)n1. The summed E-state index contributed by atoms with van der Waals surface area (Å²) in [5.74, 6) is -0.525. The summed E-state index contributed by atoms with van der Waals surface area (Å²) in [6.45, 7) is 1.90. The van der Waals surface area contributed by atoms with Gasteiger partial charge in [0.25, 0.3) is 5.91 Å². The van der Waals surface area contributed by atoms with Crippen LogP contribution in [-0.2, 0) is 6.42 Å². The number of benzene rings is 1. The van der Waals surface area contributed by atoms with E-state index in [1.54, 1.807) is 30.5 Å². The predicted molar refractivity (Wildman–Crippen MR) is 110 cm³/mol. The minimum Gasteiger partial charge on any atom is -0.315 e. The van der Waals surface area contributed by atoms with E-state index in [1.807, 2.05) is 10.9 Å². The first-order chi connectivity index (χ1) is 13.2. The van der Waals surface area contributed by atoms with Gasteiger partial charge in [0.2, 0.25) is 0 Å². The van der Waals surface area contributed by atoms with E-state index in [2.05, 4.69) is 20.7 Å². The van der Waals surface area contributed by atoms with Gasteiger partial charge >= 0.3 is 0 Å². The summed E-state index contributed by atoms with van der Waals surface area (Å²) >= 11 is 1.34. The quantitative estimate of drug-likeness (QED) is 0.659. The zero-order valence-corrected chi connectivity index (χ0v) is 16.7. The van der Waals surface area contributed by atoms with E-state index < -0.39 is 0 Å². The van der Waals surface area contributed by atoms with E-state index >= 15 is 0 Å². The van der Waals surface area contributed by atoms with Crippen molar-refractivity contribution in [2.24, 2.45) is 0 Å². The highest BCUT2D eigenvalue weighted by molar-refractivity contribution is 7.15. The van der Waals surface area contributed by atoms with E-state index in [4.69, 9.17) is 0 Å². The second kappa shape index (κ2) is 9.27. The minimum absolute atomic E-state index is 0. The summed E-state index contributed by atoms with van der Waals surface area (Å²) in [5.41, 5.74) is 0.977. The second-order valence-electron chi connectivity index (χ2n) is 6.54. The number of thiazole rings is 1. The number of amides is 1. The van der Waals surface area contributed by atoms with Crippen molar-refractivity contribution in [1.82, 2.24) is 20.1 Å².